The van der Waals surface area contributed by atoms with Gasteiger partial charge in [0.15, 0.2) is 6.54 Å². The first-order valence-electron chi connectivity index (χ1n) is 3.11. The Morgan fingerprint density at radius 1 is 1.42 bits per heavy atom. The normalized spacial score (nSPS) is 9.67. The van der Waals surface area contributed by atoms with E-state index >= 15 is 0 Å². The summed E-state index contributed by atoms with van der Waals surface area (Å²) in [6.07, 6.45) is 2.70. The fourth-order valence-electron chi connectivity index (χ4n) is 0.757. The van der Waals surface area contributed by atoms with Gasteiger partial charge in [-0.15, -0.1) is 4.57 Å². The van der Waals surface area contributed by atoms with Crippen LogP contribution < -0.4 is 4.57 Å². The van der Waals surface area contributed by atoms with Crippen LogP contribution in [0, 0.1) is 0 Å². The van der Waals surface area contributed by atoms with Crippen molar-refractivity contribution < 1.29 is 24.4 Å². The van der Waals surface area contributed by atoms with Crippen molar-refractivity contribution in [2.45, 2.75) is 6.54 Å². The number of nitrogens with zero attached hydrogens (tertiary/aromatic N) is 2. The molecular formula is C6H7N2O4+. The van der Waals surface area contributed by atoms with E-state index in [0.717, 1.165) is 4.57 Å². The zero-order valence-electron chi connectivity index (χ0n) is 6.04. The van der Waals surface area contributed by atoms with Gasteiger partial charge in [-0.05, 0) is 0 Å². The summed E-state index contributed by atoms with van der Waals surface area (Å²) < 4.78 is 2.14. The van der Waals surface area contributed by atoms with Gasteiger partial charge in [-0.2, -0.15) is 4.79 Å². The number of rotatable bonds is 2. The molecule has 0 unspecified atom stereocenters. The first kappa shape index (κ1) is 8.25. The Kier molecular flexibility index (Phi) is 2.09. The third-order valence-electron chi connectivity index (χ3n) is 1.23. The Bertz CT molecular complexity index is 317. The van der Waals surface area contributed by atoms with Crippen LogP contribution in [0.3, 0.4) is 0 Å². The van der Waals surface area contributed by atoms with Crippen LogP contribution in [-0.4, -0.2) is 26.8 Å². The Morgan fingerprint density at radius 2 is 2.08 bits per heavy atom. The molecule has 12 heavy (non-hydrogen) atoms. The summed E-state index contributed by atoms with van der Waals surface area (Å²) in [7, 11) is 0. The van der Waals surface area contributed by atoms with Crippen LogP contribution in [0.5, 0.6) is 0 Å². The molecular weight excluding hydrogens is 164 g/mol. The van der Waals surface area contributed by atoms with Crippen molar-refractivity contribution >= 4 is 12.1 Å². The van der Waals surface area contributed by atoms with Crippen LogP contribution in [0.1, 0.15) is 0 Å². The molecule has 6 heteroatoms. The van der Waals surface area contributed by atoms with Gasteiger partial charge in [0.1, 0.15) is 12.4 Å². The monoisotopic (exact) mass is 171 g/mol. The van der Waals surface area contributed by atoms with Crippen molar-refractivity contribution in [1.82, 2.24) is 4.57 Å². The van der Waals surface area contributed by atoms with E-state index in [1.165, 1.54) is 23.3 Å². The molecule has 0 atom stereocenters. The maximum atomic E-state index is 10.3. The summed E-state index contributed by atoms with van der Waals surface area (Å²) in [5.41, 5.74) is 0. The summed E-state index contributed by atoms with van der Waals surface area (Å²) >= 11 is 0. The number of hydrogen-bond donors (Lipinski definition) is 2. The third kappa shape index (κ3) is 1.82. The van der Waals surface area contributed by atoms with Gasteiger partial charge >= 0.3 is 12.1 Å². The quantitative estimate of drug-likeness (QED) is 0.581. The topological polar surface area (TPSA) is 83.4 Å². The molecule has 0 amide bonds. The first-order valence-corrected chi connectivity index (χ1v) is 3.11. The SMILES string of the molecule is O=C(O)C[n+]1ccn(C(=O)O)c1. The minimum absolute atomic E-state index is 0.236. The molecule has 64 valence electrons. The van der Waals surface area contributed by atoms with Crippen LogP contribution >= 0.6 is 0 Å². The molecule has 0 aliphatic rings. The molecule has 0 aliphatic carbocycles. The van der Waals surface area contributed by atoms with Gasteiger partial charge in [-0.3, -0.25) is 0 Å². The molecule has 0 spiro atoms. The highest BCUT2D eigenvalue weighted by atomic mass is 16.4. The van der Waals surface area contributed by atoms with E-state index in [9.17, 15) is 9.59 Å². The molecule has 0 aliphatic heterocycles. The maximum Gasteiger partial charge on any atom is 0.509 e. The number of carboxylic acids is 1. The molecule has 1 aromatic heterocycles. The number of hydrogen-bond acceptors (Lipinski definition) is 2. The highest BCUT2D eigenvalue weighted by molar-refractivity contribution is 5.67. The lowest BCUT2D eigenvalue weighted by molar-refractivity contribution is -0.685. The van der Waals surface area contributed by atoms with E-state index in [1.54, 1.807) is 0 Å². The van der Waals surface area contributed by atoms with Gasteiger partial charge < -0.3 is 10.2 Å². The third-order valence-corrected chi connectivity index (χ3v) is 1.23. The molecule has 6 nitrogen and oxygen atoms in total. The summed E-state index contributed by atoms with van der Waals surface area (Å²) in [5.74, 6) is -1.01. The summed E-state index contributed by atoms with van der Waals surface area (Å²) in [6, 6.07) is 0. The molecule has 2 N–H and O–H groups in total. The Morgan fingerprint density at radius 3 is 2.50 bits per heavy atom. The van der Waals surface area contributed by atoms with E-state index in [0.29, 0.717) is 0 Å². The number of carboxylic acid groups (broad SMARTS) is 2. The van der Waals surface area contributed by atoms with Crippen molar-refractivity contribution in [2.75, 3.05) is 0 Å². The van der Waals surface area contributed by atoms with Gasteiger partial charge in [0.05, 0.1) is 0 Å². The molecule has 1 rings (SSSR count). The van der Waals surface area contributed by atoms with E-state index in [1.807, 2.05) is 0 Å². The standard InChI is InChI=1S/C6H6N2O4/c9-5(10)3-7-1-2-8(4-7)6(11)12/h1-2,4H,3H2,(H-,9,10,11,12)/p+1. The molecule has 0 saturated heterocycles. The van der Waals surface area contributed by atoms with E-state index in [2.05, 4.69) is 0 Å². The van der Waals surface area contributed by atoms with Crippen molar-refractivity contribution in [3.8, 4) is 0 Å². The molecule has 0 saturated carbocycles. The van der Waals surface area contributed by atoms with Gasteiger partial charge in [-0.1, -0.05) is 0 Å². The highest BCUT2D eigenvalue weighted by Gasteiger charge is 2.11. The summed E-state index contributed by atoms with van der Waals surface area (Å²) in [4.78, 5) is 20.5. The van der Waals surface area contributed by atoms with E-state index < -0.39 is 12.1 Å². The van der Waals surface area contributed by atoms with Crippen molar-refractivity contribution in [1.29, 1.82) is 0 Å². The van der Waals surface area contributed by atoms with Gasteiger partial charge in [-0.25, -0.2) is 9.36 Å². The van der Waals surface area contributed by atoms with Crippen LogP contribution in [0.25, 0.3) is 0 Å². The largest absolute Gasteiger partial charge is 0.509 e. The number of imidazole rings is 1. The second-order valence-corrected chi connectivity index (χ2v) is 2.17. The predicted molar refractivity (Wildman–Crippen MR) is 35.7 cm³/mol. The van der Waals surface area contributed by atoms with Crippen LogP contribution in [0.2, 0.25) is 0 Å². The molecule has 1 heterocycles. The molecule has 1 aromatic rings. The molecule has 0 fully saturated rings. The number of aliphatic carboxylic acids is 1. The molecule has 0 radical (unpaired) electrons. The first-order chi connectivity index (χ1) is 5.59. The van der Waals surface area contributed by atoms with Crippen LogP contribution in [0.15, 0.2) is 18.7 Å². The lowest BCUT2D eigenvalue weighted by atomic mass is 10.6. The maximum absolute atomic E-state index is 10.3. The fourth-order valence-corrected chi connectivity index (χ4v) is 0.757. The molecule has 0 bridgehead atoms. The fraction of sp³-hybridized carbons (Fsp3) is 0.167. The van der Waals surface area contributed by atoms with Gasteiger partial charge in [0, 0.05) is 0 Å². The minimum Gasteiger partial charge on any atom is -0.478 e. The molecule has 0 aromatic carbocycles. The number of aromatic nitrogens is 2. The minimum atomic E-state index is -1.14. The predicted octanol–water partition coefficient (Wildman–Crippen LogP) is -0.614. The zero-order chi connectivity index (χ0) is 9.14. The average Bonchev–Trinajstić information content (AvgIpc) is 2.34. The van der Waals surface area contributed by atoms with Crippen molar-refractivity contribution in [3.05, 3.63) is 18.7 Å². The van der Waals surface area contributed by atoms with Crippen LogP contribution in [0.4, 0.5) is 4.79 Å². The van der Waals surface area contributed by atoms with E-state index in [4.69, 9.17) is 10.2 Å². The summed E-state index contributed by atoms with van der Waals surface area (Å²) in [5, 5.41) is 16.8. The van der Waals surface area contributed by atoms with Gasteiger partial charge in [0.25, 0.3) is 6.33 Å². The van der Waals surface area contributed by atoms with Crippen LogP contribution in [-0.2, 0) is 11.3 Å². The summed E-state index contributed by atoms with van der Waals surface area (Å²) in [6.45, 7) is -0.236. The zero-order valence-corrected chi connectivity index (χ0v) is 6.04. The van der Waals surface area contributed by atoms with Gasteiger partial charge in [0.2, 0.25) is 0 Å². The highest BCUT2D eigenvalue weighted by Crippen LogP contribution is 1.82. The Labute approximate surface area is 67.3 Å². The lowest BCUT2D eigenvalue weighted by Crippen LogP contribution is -2.35. The average molecular weight is 171 g/mol. The Hall–Kier alpha value is -1.85. The second kappa shape index (κ2) is 3.04. The van der Waals surface area contributed by atoms with Crippen molar-refractivity contribution in [3.63, 3.8) is 0 Å². The van der Waals surface area contributed by atoms with Crippen molar-refractivity contribution in [2.24, 2.45) is 0 Å². The Balaban J connectivity index is 2.77. The second-order valence-electron chi connectivity index (χ2n) is 2.17. The number of carbonyl (C=O) groups is 2. The lowest BCUT2D eigenvalue weighted by Gasteiger charge is -1.86. The van der Waals surface area contributed by atoms with E-state index in [-0.39, 0.29) is 6.54 Å². The smallest absolute Gasteiger partial charge is 0.478 e.